The van der Waals surface area contributed by atoms with Gasteiger partial charge in [-0.05, 0) is 69.3 Å². The Kier molecular flexibility index (Phi) is 5.06. The second-order valence-corrected chi connectivity index (χ2v) is 8.50. The molecule has 2 saturated heterocycles. The minimum absolute atomic E-state index is 0.301. The van der Waals surface area contributed by atoms with Crippen LogP contribution in [0.2, 0.25) is 5.02 Å². The zero-order valence-corrected chi connectivity index (χ0v) is 15.8. The Morgan fingerprint density at radius 1 is 0.920 bits per heavy atom. The number of carbonyl (C=O) groups is 1. The lowest BCUT2D eigenvalue weighted by molar-refractivity contribution is -0.139. The molecule has 0 unspecified atom stereocenters. The van der Waals surface area contributed by atoms with Crippen molar-refractivity contribution in [2.45, 2.75) is 62.8 Å². The molecule has 0 atom stereocenters. The summed E-state index contributed by atoms with van der Waals surface area (Å²) in [5, 5.41) is 0.746. The summed E-state index contributed by atoms with van der Waals surface area (Å²) in [6.07, 6.45) is 9.25. The van der Waals surface area contributed by atoms with Gasteiger partial charge in [0.1, 0.15) is 0 Å². The van der Waals surface area contributed by atoms with Crippen molar-refractivity contribution in [2.75, 3.05) is 26.2 Å². The van der Waals surface area contributed by atoms with E-state index in [0.29, 0.717) is 11.9 Å². The summed E-state index contributed by atoms with van der Waals surface area (Å²) in [4.78, 5) is 18.3. The Morgan fingerprint density at radius 3 is 2.12 bits per heavy atom. The lowest BCUT2D eigenvalue weighted by Gasteiger charge is -2.41. The normalized spacial score (nSPS) is 24.8. The highest BCUT2D eigenvalue weighted by Gasteiger charge is 2.45. The fraction of sp³-hybridized carbons (Fsp3) is 0.667. The zero-order valence-electron chi connectivity index (χ0n) is 15.1. The molecule has 25 heavy (non-hydrogen) atoms. The zero-order chi connectivity index (χ0) is 17.3. The molecule has 2 heterocycles. The summed E-state index contributed by atoms with van der Waals surface area (Å²) in [7, 11) is 0. The van der Waals surface area contributed by atoms with Crippen LogP contribution in [0, 0.1) is 0 Å². The molecule has 3 nitrogen and oxygen atoms in total. The van der Waals surface area contributed by atoms with Crippen LogP contribution < -0.4 is 0 Å². The summed E-state index contributed by atoms with van der Waals surface area (Å²) in [5.74, 6) is 0.368. The number of likely N-dealkylation sites (tertiary alicyclic amines) is 2. The van der Waals surface area contributed by atoms with Gasteiger partial charge in [-0.2, -0.15) is 0 Å². The number of halogens is 1. The van der Waals surface area contributed by atoms with Gasteiger partial charge in [-0.1, -0.05) is 36.6 Å². The first-order valence-electron chi connectivity index (χ1n) is 9.98. The van der Waals surface area contributed by atoms with Gasteiger partial charge in [-0.25, -0.2) is 0 Å². The monoisotopic (exact) mass is 360 g/mol. The van der Waals surface area contributed by atoms with E-state index in [0.717, 1.165) is 56.6 Å². The van der Waals surface area contributed by atoms with E-state index in [2.05, 4.69) is 21.9 Å². The van der Waals surface area contributed by atoms with E-state index >= 15 is 0 Å². The molecule has 4 rings (SSSR count). The second-order valence-electron chi connectivity index (χ2n) is 8.06. The molecule has 0 radical (unpaired) electrons. The molecule has 0 N–H and O–H groups in total. The molecule has 1 saturated carbocycles. The minimum atomic E-state index is -0.301. The fourth-order valence-corrected chi connectivity index (χ4v) is 5.34. The maximum absolute atomic E-state index is 13.5. The van der Waals surface area contributed by atoms with Gasteiger partial charge in [0.25, 0.3) is 0 Å². The minimum Gasteiger partial charge on any atom is -0.342 e. The third-order valence-electron chi connectivity index (χ3n) is 6.67. The molecular formula is C21H29ClN2O. The number of hydrogen-bond acceptors (Lipinski definition) is 2. The molecule has 0 bridgehead atoms. The first kappa shape index (κ1) is 17.4. The Balaban J connectivity index is 1.47. The number of carbonyl (C=O) groups excluding carboxylic acids is 1. The third kappa shape index (κ3) is 3.33. The van der Waals surface area contributed by atoms with Crippen LogP contribution in [0.5, 0.6) is 0 Å². The smallest absolute Gasteiger partial charge is 0.233 e. The van der Waals surface area contributed by atoms with E-state index in [1.54, 1.807) is 0 Å². The molecule has 3 aliphatic rings. The van der Waals surface area contributed by atoms with E-state index in [1.165, 1.54) is 31.5 Å². The van der Waals surface area contributed by atoms with Gasteiger partial charge < -0.3 is 9.80 Å². The molecule has 136 valence electrons. The summed E-state index contributed by atoms with van der Waals surface area (Å²) >= 11 is 6.07. The Hall–Kier alpha value is -1.06. The third-order valence-corrected chi connectivity index (χ3v) is 6.92. The van der Waals surface area contributed by atoms with Crippen molar-refractivity contribution in [1.82, 2.24) is 9.80 Å². The number of benzene rings is 1. The Morgan fingerprint density at radius 2 is 1.52 bits per heavy atom. The summed E-state index contributed by atoms with van der Waals surface area (Å²) in [6.45, 7) is 4.37. The molecule has 1 aliphatic carbocycles. The van der Waals surface area contributed by atoms with Crippen LogP contribution >= 0.6 is 11.6 Å². The van der Waals surface area contributed by atoms with Crippen LogP contribution in [-0.2, 0) is 10.2 Å². The fourth-order valence-electron chi connectivity index (χ4n) is 5.22. The molecule has 1 amide bonds. The van der Waals surface area contributed by atoms with Gasteiger partial charge in [0.15, 0.2) is 0 Å². The van der Waals surface area contributed by atoms with Gasteiger partial charge >= 0.3 is 0 Å². The highest BCUT2D eigenvalue weighted by molar-refractivity contribution is 6.30. The van der Waals surface area contributed by atoms with E-state index in [4.69, 9.17) is 11.6 Å². The van der Waals surface area contributed by atoms with Gasteiger partial charge in [-0.15, -0.1) is 0 Å². The van der Waals surface area contributed by atoms with Crippen LogP contribution in [0.1, 0.15) is 56.9 Å². The predicted octanol–water partition coefficient (Wildman–Crippen LogP) is 4.24. The first-order valence-corrected chi connectivity index (χ1v) is 10.4. The van der Waals surface area contributed by atoms with Crippen molar-refractivity contribution >= 4 is 17.5 Å². The van der Waals surface area contributed by atoms with E-state index < -0.39 is 0 Å². The van der Waals surface area contributed by atoms with Gasteiger partial charge in [0, 0.05) is 24.2 Å². The van der Waals surface area contributed by atoms with Crippen molar-refractivity contribution in [2.24, 2.45) is 0 Å². The van der Waals surface area contributed by atoms with Crippen molar-refractivity contribution in [3.05, 3.63) is 34.9 Å². The lowest BCUT2D eigenvalue weighted by Crippen LogP contribution is -2.51. The second kappa shape index (κ2) is 7.28. The van der Waals surface area contributed by atoms with Crippen LogP contribution in [0.25, 0.3) is 0 Å². The number of nitrogens with zero attached hydrogens (tertiary/aromatic N) is 2. The maximum atomic E-state index is 13.5. The molecule has 0 aromatic heterocycles. The topological polar surface area (TPSA) is 23.6 Å². The Labute approximate surface area is 156 Å². The van der Waals surface area contributed by atoms with Gasteiger partial charge in [0.2, 0.25) is 5.91 Å². The van der Waals surface area contributed by atoms with E-state index in [-0.39, 0.29) is 5.41 Å². The van der Waals surface area contributed by atoms with Crippen LogP contribution in [-0.4, -0.2) is 47.9 Å². The average Bonchev–Trinajstić information content (AvgIpc) is 3.34. The van der Waals surface area contributed by atoms with Crippen molar-refractivity contribution in [3.8, 4) is 0 Å². The first-order chi connectivity index (χ1) is 12.2. The summed E-state index contributed by atoms with van der Waals surface area (Å²) < 4.78 is 0. The molecule has 3 fully saturated rings. The molecule has 4 heteroatoms. The van der Waals surface area contributed by atoms with E-state index in [1.807, 2.05) is 12.1 Å². The number of amides is 1. The summed E-state index contributed by atoms with van der Waals surface area (Å²) in [5.41, 5.74) is 0.867. The highest BCUT2D eigenvalue weighted by Crippen LogP contribution is 2.43. The lowest BCUT2D eigenvalue weighted by atomic mass is 9.77. The molecule has 1 aromatic rings. The van der Waals surface area contributed by atoms with Crippen molar-refractivity contribution in [1.29, 1.82) is 0 Å². The highest BCUT2D eigenvalue weighted by atomic mass is 35.5. The van der Waals surface area contributed by atoms with Crippen molar-refractivity contribution in [3.63, 3.8) is 0 Å². The van der Waals surface area contributed by atoms with E-state index in [9.17, 15) is 4.79 Å². The quantitative estimate of drug-likeness (QED) is 0.804. The number of hydrogen-bond donors (Lipinski definition) is 0. The van der Waals surface area contributed by atoms with Crippen LogP contribution in [0.4, 0.5) is 0 Å². The van der Waals surface area contributed by atoms with Gasteiger partial charge in [-0.3, -0.25) is 4.79 Å². The van der Waals surface area contributed by atoms with Crippen LogP contribution in [0.15, 0.2) is 24.3 Å². The van der Waals surface area contributed by atoms with Crippen LogP contribution in [0.3, 0.4) is 0 Å². The predicted molar refractivity (Wildman–Crippen MR) is 102 cm³/mol. The number of rotatable bonds is 3. The van der Waals surface area contributed by atoms with Crippen molar-refractivity contribution < 1.29 is 4.79 Å². The molecule has 1 aromatic carbocycles. The van der Waals surface area contributed by atoms with Gasteiger partial charge in [0.05, 0.1) is 5.41 Å². The average molecular weight is 361 g/mol. The maximum Gasteiger partial charge on any atom is 0.233 e. The SMILES string of the molecule is O=C(N1CCC(N2CCCC2)CC1)C1(c2ccc(Cl)cc2)CCCC1. The standard InChI is InChI=1S/C21H29ClN2O/c22-18-7-5-17(6-8-18)21(11-1-2-12-21)20(25)24-15-9-19(10-16-24)23-13-3-4-14-23/h5-8,19H,1-4,9-16H2. The molecule has 2 aliphatic heterocycles. The number of piperidine rings is 1. The Bertz CT molecular complexity index is 595. The summed E-state index contributed by atoms with van der Waals surface area (Å²) in [6, 6.07) is 8.71. The molecule has 0 spiro atoms. The largest absolute Gasteiger partial charge is 0.342 e. The molecular weight excluding hydrogens is 332 g/mol.